The molecule has 0 fully saturated rings. The number of benzene rings is 3. The number of fused-ring (bicyclic) bond motifs is 2. The van der Waals surface area contributed by atoms with Crippen molar-refractivity contribution in [2.75, 3.05) is 7.11 Å². The molecule has 2 heterocycles. The minimum absolute atomic E-state index is 0.0470. The highest BCUT2D eigenvalue weighted by molar-refractivity contribution is 6.15. The average molecular weight is 454 g/mol. The van der Waals surface area contributed by atoms with E-state index in [0.29, 0.717) is 28.2 Å². The second-order valence-corrected chi connectivity index (χ2v) is 8.03. The SMILES string of the molecule is CCc1ccc(/C=C2\Oc3cc(OC(=O)c4cc5cccc(OC)c5o4)cc(C)c3C2=O)cc1. The predicted octanol–water partition coefficient (Wildman–Crippen LogP) is 6.15. The van der Waals surface area contributed by atoms with Gasteiger partial charge in [0.2, 0.25) is 11.5 Å². The van der Waals surface area contributed by atoms with Gasteiger partial charge in [-0.2, -0.15) is 0 Å². The molecule has 1 aliphatic rings. The average Bonchev–Trinajstić information content (AvgIpc) is 3.41. The van der Waals surface area contributed by atoms with Gasteiger partial charge in [-0.15, -0.1) is 0 Å². The summed E-state index contributed by atoms with van der Waals surface area (Å²) in [6, 6.07) is 18.1. The maximum absolute atomic E-state index is 12.9. The van der Waals surface area contributed by atoms with Crippen LogP contribution in [0.3, 0.4) is 0 Å². The molecule has 0 bridgehead atoms. The zero-order valence-electron chi connectivity index (χ0n) is 19.0. The van der Waals surface area contributed by atoms with Crippen molar-refractivity contribution in [2.24, 2.45) is 0 Å². The summed E-state index contributed by atoms with van der Waals surface area (Å²) < 4.78 is 22.3. The molecule has 0 unspecified atom stereocenters. The van der Waals surface area contributed by atoms with Gasteiger partial charge >= 0.3 is 5.97 Å². The van der Waals surface area contributed by atoms with Crippen molar-refractivity contribution < 1.29 is 28.2 Å². The molecule has 0 amide bonds. The Morgan fingerprint density at radius 3 is 2.59 bits per heavy atom. The van der Waals surface area contributed by atoms with Gasteiger partial charge in [-0.25, -0.2) is 4.79 Å². The van der Waals surface area contributed by atoms with Crippen LogP contribution in [0.4, 0.5) is 0 Å². The minimum atomic E-state index is -0.659. The summed E-state index contributed by atoms with van der Waals surface area (Å²) in [5.41, 5.74) is 3.68. The molecule has 0 spiro atoms. The van der Waals surface area contributed by atoms with E-state index in [4.69, 9.17) is 18.6 Å². The van der Waals surface area contributed by atoms with E-state index in [0.717, 1.165) is 17.4 Å². The lowest BCUT2D eigenvalue weighted by Crippen LogP contribution is -2.07. The Bertz CT molecular complexity index is 1460. The molecule has 170 valence electrons. The van der Waals surface area contributed by atoms with Gasteiger partial charge in [-0.05, 0) is 54.3 Å². The van der Waals surface area contributed by atoms with Gasteiger partial charge < -0.3 is 18.6 Å². The monoisotopic (exact) mass is 454 g/mol. The fourth-order valence-corrected chi connectivity index (χ4v) is 3.99. The van der Waals surface area contributed by atoms with Crippen LogP contribution >= 0.6 is 0 Å². The van der Waals surface area contributed by atoms with Gasteiger partial charge in [0.25, 0.3) is 0 Å². The molecule has 0 aliphatic carbocycles. The van der Waals surface area contributed by atoms with Gasteiger partial charge in [-0.1, -0.05) is 43.3 Å². The number of Topliss-reactive ketones (excluding diaryl/α,β-unsaturated/α-hetero) is 1. The van der Waals surface area contributed by atoms with E-state index < -0.39 is 5.97 Å². The summed E-state index contributed by atoms with van der Waals surface area (Å²) in [6.07, 6.45) is 2.66. The summed E-state index contributed by atoms with van der Waals surface area (Å²) in [4.78, 5) is 25.7. The molecule has 3 aromatic carbocycles. The molecule has 0 saturated carbocycles. The number of para-hydroxylation sites is 1. The number of hydrogen-bond donors (Lipinski definition) is 0. The number of ether oxygens (including phenoxy) is 3. The van der Waals surface area contributed by atoms with Crippen LogP contribution < -0.4 is 14.2 Å². The van der Waals surface area contributed by atoms with Crippen molar-refractivity contribution in [3.63, 3.8) is 0 Å². The van der Waals surface area contributed by atoms with Crippen molar-refractivity contribution >= 4 is 28.8 Å². The zero-order chi connectivity index (χ0) is 23.8. The van der Waals surface area contributed by atoms with E-state index in [-0.39, 0.29) is 23.1 Å². The molecule has 0 atom stereocenters. The number of esters is 1. The summed E-state index contributed by atoms with van der Waals surface area (Å²) in [5.74, 6) is 0.565. The van der Waals surface area contributed by atoms with Crippen LogP contribution in [0, 0.1) is 6.92 Å². The van der Waals surface area contributed by atoms with E-state index in [2.05, 4.69) is 6.92 Å². The number of carbonyl (C=O) groups excluding carboxylic acids is 2. The number of hydrogen-bond acceptors (Lipinski definition) is 6. The van der Waals surface area contributed by atoms with E-state index in [1.54, 1.807) is 37.3 Å². The van der Waals surface area contributed by atoms with E-state index in [1.165, 1.54) is 12.7 Å². The third kappa shape index (κ3) is 3.83. The Morgan fingerprint density at radius 1 is 1.06 bits per heavy atom. The second-order valence-electron chi connectivity index (χ2n) is 8.03. The number of furan rings is 1. The third-order valence-electron chi connectivity index (χ3n) is 5.77. The molecule has 1 aromatic heterocycles. The summed E-state index contributed by atoms with van der Waals surface area (Å²) in [6.45, 7) is 3.87. The maximum Gasteiger partial charge on any atom is 0.379 e. The summed E-state index contributed by atoms with van der Waals surface area (Å²) in [7, 11) is 1.53. The topological polar surface area (TPSA) is 75.0 Å². The van der Waals surface area contributed by atoms with E-state index in [1.807, 2.05) is 36.4 Å². The van der Waals surface area contributed by atoms with Gasteiger partial charge in [-0.3, -0.25) is 4.79 Å². The lowest BCUT2D eigenvalue weighted by Gasteiger charge is -2.06. The Hall–Kier alpha value is -4.32. The minimum Gasteiger partial charge on any atom is -0.493 e. The Morgan fingerprint density at radius 2 is 1.85 bits per heavy atom. The fourth-order valence-electron chi connectivity index (χ4n) is 3.99. The summed E-state index contributed by atoms with van der Waals surface area (Å²) in [5, 5.41) is 0.729. The predicted molar refractivity (Wildman–Crippen MR) is 128 cm³/mol. The first kappa shape index (κ1) is 21.5. The molecule has 5 rings (SSSR count). The molecule has 34 heavy (non-hydrogen) atoms. The van der Waals surface area contributed by atoms with Crippen LogP contribution in [-0.2, 0) is 6.42 Å². The first-order valence-corrected chi connectivity index (χ1v) is 10.9. The fraction of sp³-hybridized carbons (Fsp3) is 0.143. The molecule has 0 radical (unpaired) electrons. The lowest BCUT2D eigenvalue weighted by molar-refractivity contribution is 0.0703. The molecule has 6 nitrogen and oxygen atoms in total. The third-order valence-corrected chi connectivity index (χ3v) is 5.77. The van der Waals surface area contributed by atoms with Crippen molar-refractivity contribution in [1.29, 1.82) is 0 Å². The highest BCUT2D eigenvalue weighted by atomic mass is 16.6. The molecule has 0 saturated heterocycles. The van der Waals surface area contributed by atoms with Gasteiger partial charge in [0, 0.05) is 11.5 Å². The number of methoxy groups -OCH3 is 1. The van der Waals surface area contributed by atoms with Crippen LogP contribution in [0.2, 0.25) is 0 Å². The van der Waals surface area contributed by atoms with E-state index in [9.17, 15) is 9.59 Å². The van der Waals surface area contributed by atoms with Crippen molar-refractivity contribution in [2.45, 2.75) is 20.3 Å². The molecule has 0 N–H and O–H groups in total. The van der Waals surface area contributed by atoms with Crippen LogP contribution in [0.15, 0.2) is 70.8 Å². The molecule has 6 heteroatoms. The second kappa shape index (κ2) is 8.56. The van der Waals surface area contributed by atoms with Crippen LogP contribution in [-0.4, -0.2) is 18.9 Å². The molecular weight excluding hydrogens is 432 g/mol. The van der Waals surface area contributed by atoms with Crippen LogP contribution in [0.1, 0.15) is 44.5 Å². The molecular formula is C28H22O6. The number of ketones is 1. The Kier molecular flexibility index (Phi) is 5.42. The largest absolute Gasteiger partial charge is 0.493 e. The number of allylic oxidation sites excluding steroid dienone is 1. The maximum atomic E-state index is 12.9. The highest BCUT2D eigenvalue weighted by Gasteiger charge is 2.30. The quantitative estimate of drug-likeness (QED) is 0.205. The van der Waals surface area contributed by atoms with Crippen molar-refractivity contribution in [1.82, 2.24) is 0 Å². The molecule has 4 aromatic rings. The Balaban J connectivity index is 1.40. The molecule has 1 aliphatic heterocycles. The number of aryl methyl sites for hydroxylation is 2. The van der Waals surface area contributed by atoms with Crippen molar-refractivity contribution in [3.8, 4) is 17.2 Å². The Labute approximate surface area is 196 Å². The van der Waals surface area contributed by atoms with E-state index >= 15 is 0 Å². The van der Waals surface area contributed by atoms with Crippen LogP contribution in [0.5, 0.6) is 17.2 Å². The van der Waals surface area contributed by atoms with Gasteiger partial charge in [0.1, 0.15) is 11.5 Å². The standard InChI is InChI=1S/C28H22O6/c1-4-17-8-10-18(11-9-17)13-23-26(29)25-16(2)12-20(15-22(25)33-23)32-28(30)24-14-19-6-5-7-21(31-3)27(19)34-24/h5-15H,4H2,1-3H3/b23-13-. The first-order valence-electron chi connectivity index (χ1n) is 10.9. The number of rotatable bonds is 5. The van der Waals surface area contributed by atoms with Gasteiger partial charge in [0.05, 0.1) is 12.7 Å². The number of carbonyl (C=O) groups is 2. The summed E-state index contributed by atoms with van der Waals surface area (Å²) >= 11 is 0. The normalized spacial score (nSPS) is 13.7. The lowest BCUT2D eigenvalue weighted by atomic mass is 10.0. The van der Waals surface area contributed by atoms with Crippen LogP contribution in [0.25, 0.3) is 17.0 Å². The van der Waals surface area contributed by atoms with Crippen molar-refractivity contribution in [3.05, 3.63) is 94.4 Å². The first-order chi connectivity index (χ1) is 16.5. The highest BCUT2D eigenvalue weighted by Crippen LogP contribution is 2.38. The van der Waals surface area contributed by atoms with Gasteiger partial charge in [0.15, 0.2) is 17.1 Å². The zero-order valence-corrected chi connectivity index (χ0v) is 19.0. The smallest absolute Gasteiger partial charge is 0.379 e.